The fourth-order valence-electron chi connectivity index (χ4n) is 0.678. The lowest BCUT2D eigenvalue weighted by molar-refractivity contribution is -0.00892. The van der Waals surface area contributed by atoms with Crippen LogP contribution >= 0.6 is 24.8 Å². The zero-order valence-corrected chi connectivity index (χ0v) is 8.07. The van der Waals surface area contributed by atoms with Gasteiger partial charge in [-0.05, 0) is 19.4 Å². The van der Waals surface area contributed by atoms with E-state index in [9.17, 15) is 0 Å². The van der Waals surface area contributed by atoms with Gasteiger partial charge in [0.15, 0.2) is 4.32 Å². The third-order valence-corrected chi connectivity index (χ3v) is 1.74. The van der Waals surface area contributed by atoms with Crippen LogP contribution in [0.25, 0.3) is 0 Å². The molecule has 0 unspecified atom stereocenters. The molecule has 0 aliphatic heterocycles. The first-order chi connectivity index (χ1) is 5.18. The summed E-state index contributed by atoms with van der Waals surface area (Å²) in [7, 11) is 0. The monoisotopic (exact) mass is 194 g/mol. The summed E-state index contributed by atoms with van der Waals surface area (Å²) < 4.78 is 0.220. The lowest BCUT2D eigenvalue weighted by atomic mass is 10.2. The Bertz CT molecular complexity index is 121. The van der Waals surface area contributed by atoms with Gasteiger partial charge in [-0.15, -0.1) is 12.6 Å². The van der Waals surface area contributed by atoms with Gasteiger partial charge in [-0.2, -0.15) is 0 Å². The molecule has 0 spiro atoms. The zero-order valence-electron chi connectivity index (χ0n) is 6.36. The third-order valence-electron chi connectivity index (χ3n) is 1.29. The highest BCUT2D eigenvalue weighted by atomic mass is 32.1. The summed E-state index contributed by atoms with van der Waals surface area (Å²) in [6.07, 6.45) is 2.91. The molecule has 0 aromatic carbocycles. The van der Waals surface area contributed by atoms with Crippen molar-refractivity contribution < 1.29 is 5.21 Å². The van der Waals surface area contributed by atoms with E-state index in [0.717, 1.165) is 24.3 Å². The third kappa shape index (κ3) is 6.55. The van der Waals surface area contributed by atoms with E-state index in [1.54, 1.807) is 0 Å². The predicted octanol–water partition coefficient (Wildman–Crippen LogP) is 1.02. The molecule has 3 nitrogen and oxygen atoms in total. The summed E-state index contributed by atoms with van der Waals surface area (Å²) in [5.74, 6) is 0. The van der Waals surface area contributed by atoms with Crippen molar-refractivity contribution in [3.63, 3.8) is 0 Å². The van der Waals surface area contributed by atoms with Gasteiger partial charge in [-0.3, -0.25) is 5.21 Å². The average Bonchev–Trinajstić information content (AvgIpc) is 1.97. The average molecular weight is 194 g/mol. The smallest absolute Gasteiger partial charge is 0.156 e. The first kappa shape index (κ1) is 11.2. The predicted molar refractivity (Wildman–Crippen MR) is 53.0 cm³/mol. The van der Waals surface area contributed by atoms with Crippen LogP contribution in [0.3, 0.4) is 0 Å². The van der Waals surface area contributed by atoms with E-state index < -0.39 is 0 Å². The number of nitrogens with zero attached hydrogens (tertiary/aromatic N) is 1. The maximum atomic E-state index is 9.01. The van der Waals surface area contributed by atoms with Crippen LogP contribution in [0, 0.1) is 0 Å². The summed E-state index contributed by atoms with van der Waals surface area (Å²) in [6, 6.07) is 0. The number of nitrogens with two attached hydrogens (primary N) is 1. The fraction of sp³-hybridized carbons (Fsp3) is 0.833. The second-order valence-corrected chi connectivity index (χ2v) is 3.37. The minimum atomic E-state index is 0.220. The summed E-state index contributed by atoms with van der Waals surface area (Å²) in [6.45, 7) is 1.25. The van der Waals surface area contributed by atoms with Crippen molar-refractivity contribution in [3.05, 3.63) is 0 Å². The Labute approximate surface area is 77.9 Å². The Kier molecular flexibility index (Phi) is 6.94. The summed E-state index contributed by atoms with van der Waals surface area (Å²) in [5.41, 5.74) is 5.29. The maximum Gasteiger partial charge on any atom is 0.156 e. The van der Waals surface area contributed by atoms with Crippen LogP contribution in [0.15, 0.2) is 0 Å². The van der Waals surface area contributed by atoms with Gasteiger partial charge in [0, 0.05) is 6.54 Å². The molecular formula is C6H14N2OS2. The number of unbranched alkanes of at least 4 members (excludes halogenated alkanes) is 2. The van der Waals surface area contributed by atoms with Crippen molar-refractivity contribution in [2.45, 2.75) is 19.3 Å². The normalized spacial score (nSPS) is 9.73. The molecule has 0 bridgehead atoms. The molecule has 0 aliphatic carbocycles. The number of thiol groups is 1. The Morgan fingerprint density at radius 2 is 2.09 bits per heavy atom. The van der Waals surface area contributed by atoms with Gasteiger partial charge in [0.25, 0.3) is 0 Å². The van der Waals surface area contributed by atoms with E-state index in [1.807, 2.05) is 0 Å². The van der Waals surface area contributed by atoms with Gasteiger partial charge in [0.1, 0.15) is 0 Å². The fourth-order valence-corrected chi connectivity index (χ4v) is 0.870. The molecule has 0 saturated carbocycles. The van der Waals surface area contributed by atoms with Crippen molar-refractivity contribution in [3.8, 4) is 0 Å². The molecule has 0 heterocycles. The van der Waals surface area contributed by atoms with Crippen LogP contribution in [0.4, 0.5) is 0 Å². The quantitative estimate of drug-likeness (QED) is 0.265. The van der Waals surface area contributed by atoms with Gasteiger partial charge < -0.3 is 5.73 Å². The van der Waals surface area contributed by atoms with Crippen molar-refractivity contribution in [2.24, 2.45) is 5.73 Å². The first-order valence-electron chi connectivity index (χ1n) is 3.58. The van der Waals surface area contributed by atoms with Crippen LogP contribution in [0.2, 0.25) is 0 Å². The number of hydroxylamine groups is 2. The largest absolute Gasteiger partial charge is 0.330 e. The van der Waals surface area contributed by atoms with Crippen LogP contribution in [-0.4, -0.2) is 27.7 Å². The van der Waals surface area contributed by atoms with E-state index in [1.165, 1.54) is 0 Å². The Morgan fingerprint density at radius 1 is 1.45 bits per heavy atom. The highest BCUT2D eigenvalue weighted by molar-refractivity contribution is 8.10. The highest BCUT2D eigenvalue weighted by Gasteiger charge is 1.99. The topological polar surface area (TPSA) is 49.5 Å². The van der Waals surface area contributed by atoms with E-state index in [2.05, 4.69) is 24.8 Å². The van der Waals surface area contributed by atoms with Gasteiger partial charge in [0.2, 0.25) is 0 Å². The molecule has 0 aliphatic rings. The number of hydrogen-bond donors (Lipinski definition) is 3. The van der Waals surface area contributed by atoms with E-state index in [4.69, 9.17) is 10.9 Å². The SMILES string of the molecule is NCCCCCN(O)C(=S)S. The minimum absolute atomic E-state index is 0.220. The van der Waals surface area contributed by atoms with Gasteiger partial charge >= 0.3 is 0 Å². The van der Waals surface area contributed by atoms with Crippen molar-refractivity contribution in [2.75, 3.05) is 13.1 Å². The maximum absolute atomic E-state index is 9.01. The molecule has 0 radical (unpaired) electrons. The molecule has 0 rings (SSSR count). The van der Waals surface area contributed by atoms with E-state index >= 15 is 0 Å². The lowest BCUT2D eigenvalue weighted by Gasteiger charge is -2.12. The molecule has 0 fully saturated rings. The zero-order chi connectivity index (χ0) is 8.69. The van der Waals surface area contributed by atoms with Crippen LogP contribution in [0.1, 0.15) is 19.3 Å². The molecule has 0 aromatic heterocycles. The van der Waals surface area contributed by atoms with Crippen molar-refractivity contribution >= 4 is 29.2 Å². The molecule has 0 amide bonds. The first-order valence-corrected chi connectivity index (χ1v) is 4.43. The Hall–Kier alpha value is 0.160. The van der Waals surface area contributed by atoms with E-state index in [-0.39, 0.29) is 4.32 Å². The van der Waals surface area contributed by atoms with Crippen LogP contribution < -0.4 is 5.73 Å². The summed E-state index contributed by atoms with van der Waals surface area (Å²) in [5, 5.41) is 9.98. The molecule has 3 N–H and O–H groups in total. The summed E-state index contributed by atoms with van der Waals surface area (Å²) in [4.78, 5) is 0. The highest BCUT2D eigenvalue weighted by Crippen LogP contribution is 1.98. The Balaban J connectivity index is 3.17. The summed E-state index contributed by atoms with van der Waals surface area (Å²) >= 11 is 8.41. The van der Waals surface area contributed by atoms with Crippen molar-refractivity contribution in [1.29, 1.82) is 0 Å². The Morgan fingerprint density at radius 3 is 2.55 bits per heavy atom. The van der Waals surface area contributed by atoms with Crippen molar-refractivity contribution in [1.82, 2.24) is 5.06 Å². The van der Waals surface area contributed by atoms with Gasteiger partial charge in [-0.1, -0.05) is 18.6 Å². The molecule has 11 heavy (non-hydrogen) atoms. The second-order valence-electron chi connectivity index (χ2n) is 2.26. The lowest BCUT2D eigenvalue weighted by Crippen LogP contribution is -2.22. The second kappa shape index (κ2) is 6.84. The molecule has 66 valence electrons. The van der Waals surface area contributed by atoms with Crippen LogP contribution in [0.5, 0.6) is 0 Å². The van der Waals surface area contributed by atoms with E-state index in [0.29, 0.717) is 13.1 Å². The molecule has 0 saturated heterocycles. The standard InChI is InChI=1S/C6H14N2OS2/c7-4-2-1-3-5-8(9)6(10)11/h9H,1-5,7H2,(H,10,11). The minimum Gasteiger partial charge on any atom is -0.330 e. The molecule has 0 atom stereocenters. The molecule has 5 heteroatoms. The molecule has 0 aromatic rings. The van der Waals surface area contributed by atoms with Gasteiger partial charge in [0.05, 0.1) is 0 Å². The number of thiocarbonyl (C=S) groups is 1. The number of rotatable bonds is 5. The van der Waals surface area contributed by atoms with Crippen LogP contribution in [-0.2, 0) is 0 Å². The van der Waals surface area contributed by atoms with Gasteiger partial charge in [-0.25, -0.2) is 5.06 Å². The molecular weight excluding hydrogens is 180 g/mol. The number of hydrogen-bond acceptors (Lipinski definition) is 3.